The van der Waals surface area contributed by atoms with E-state index in [1.807, 2.05) is 36.4 Å². The van der Waals surface area contributed by atoms with Crippen LogP contribution in [0.15, 0.2) is 65.7 Å². The van der Waals surface area contributed by atoms with Crippen LogP contribution in [0.25, 0.3) is 5.65 Å². The lowest BCUT2D eigenvalue weighted by atomic mass is 9.95. The SMILES string of the molecule is O=C(NCCc1ccccc1)C1CCN(C(=O)CNc2cnc3ccccn3c2=O)CC1. The average molecular weight is 434 g/mol. The minimum absolute atomic E-state index is 0.0176. The maximum absolute atomic E-state index is 12.6. The molecular formula is C24H27N5O3. The molecule has 0 bridgehead atoms. The summed E-state index contributed by atoms with van der Waals surface area (Å²) in [4.78, 5) is 43.5. The summed E-state index contributed by atoms with van der Waals surface area (Å²) in [5.41, 5.74) is 1.80. The van der Waals surface area contributed by atoms with E-state index in [9.17, 15) is 14.4 Å². The normalized spacial score (nSPS) is 14.3. The third-order valence-corrected chi connectivity index (χ3v) is 5.82. The minimum Gasteiger partial charge on any atom is -0.370 e. The lowest BCUT2D eigenvalue weighted by molar-refractivity contribution is -0.134. The monoisotopic (exact) mass is 433 g/mol. The first kappa shape index (κ1) is 21.5. The Bertz CT molecular complexity index is 1140. The second kappa shape index (κ2) is 10.1. The zero-order valence-electron chi connectivity index (χ0n) is 17.9. The summed E-state index contributed by atoms with van der Waals surface area (Å²) in [6.45, 7) is 1.70. The van der Waals surface area contributed by atoms with Crippen molar-refractivity contribution in [3.05, 3.63) is 76.8 Å². The molecule has 3 aromatic rings. The van der Waals surface area contributed by atoms with E-state index < -0.39 is 0 Å². The van der Waals surface area contributed by atoms with E-state index in [4.69, 9.17) is 0 Å². The number of hydrogen-bond acceptors (Lipinski definition) is 5. The molecule has 8 heteroatoms. The highest BCUT2D eigenvalue weighted by Crippen LogP contribution is 2.17. The number of nitrogens with zero attached hydrogens (tertiary/aromatic N) is 3. The van der Waals surface area contributed by atoms with Crippen LogP contribution in [0.1, 0.15) is 18.4 Å². The molecule has 166 valence electrons. The highest BCUT2D eigenvalue weighted by molar-refractivity contribution is 5.82. The van der Waals surface area contributed by atoms with Crippen LogP contribution in [0.3, 0.4) is 0 Å². The van der Waals surface area contributed by atoms with Crippen LogP contribution in [-0.2, 0) is 16.0 Å². The quantitative estimate of drug-likeness (QED) is 0.591. The van der Waals surface area contributed by atoms with E-state index in [0.29, 0.717) is 38.1 Å². The predicted molar refractivity (Wildman–Crippen MR) is 122 cm³/mol. The molecule has 0 aliphatic carbocycles. The Morgan fingerprint density at radius 3 is 2.56 bits per heavy atom. The van der Waals surface area contributed by atoms with Gasteiger partial charge in [0.1, 0.15) is 11.3 Å². The van der Waals surface area contributed by atoms with Crippen molar-refractivity contribution < 1.29 is 9.59 Å². The number of nitrogens with one attached hydrogen (secondary N) is 2. The van der Waals surface area contributed by atoms with Gasteiger partial charge in [0.2, 0.25) is 11.8 Å². The van der Waals surface area contributed by atoms with Crippen molar-refractivity contribution in [3.8, 4) is 0 Å². The van der Waals surface area contributed by atoms with Crippen LogP contribution in [-0.4, -0.2) is 52.3 Å². The van der Waals surface area contributed by atoms with E-state index in [-0.39, 0.29) is 35.5 Å². The Balaban J connectivity index is 1.22. The van der Waals surface area contributed by atoms with Crippen LogP contribution >= 0.6 is 0 Å². The number of rotatable bonds is 7. The van der Waals surface area contributed by atoms with Crippen LogP contribution in [0.2, 0.25) is 0 Å². The molecule has 1 aromatic carbocycles. The molecule has 1 aliphatic rings. The topological polar surface area (TPSA) is 95.8 Å². The Morgan fingerprint density at radius 2 is 1.78 bits per heavy atom. The lowest BCUT2D eigenvalue weighted by Gasteiger charge is -2.31. The number of amides is 2. The van der Waals surface area contributed by atoms with Gasteiger partial charge in [-0.3, -0.25) is 18.8 Å². The summed E-state index contributed by atoms with van der Waals surface area (Å²) in [6.07, 6.45) is 5.19. The van der Waals surface area contributed by atoms with Crippen LogP contribution in [0.5, 0.6) is 0 Å². The molecule has 0 spiro atoms. The molecule has 1 aliphatic heterocycles. The van der Waals surface area contributed by atoms with Crippen molar-refractivity contribution in [2.45, 2.75) is 19.3 Å². The van der Waals surface area contributed by atoms with Gasteiger partial charge >= 0.3 is 0 Å². The first-order chi connectivity index (χ1) is 15.6. The molecule has 0 saturated carbocycles. The zero-order chi connectivity index (χ0) is 22.3. The van der Waals surface area contributed by atoms with E-state index in [0.717, 1.165) is 6.42 Å². The van der Waals surface area contributed by atoms with E-state index in [1.54, 1.807) is 23.2 Å². The predicted octanol–water partition coefficient (Wildman–Crippen LogP) is 1.70. The first-order valence-corrected chi connectivity index (χ1v) is 10.9. The number of piperidine rings is 1. The molecule has 2 amide bonds. The highest BCUT2D eigenvalue weighted by Gasteiger charge is 2.27. The van der Waals surface area contributed by atoms with Gasteiger partial charge in [-0.2, -0.15) is 0 Å². The lowest BCUT2D eigenvalue weighted by Crippen LogP contribution is -2.45. The van der Waals surface area contributed by atoms with Gasteiger partial charge in [-0.05, 0) is 37.0 Å². The van der Waals surface area contributed by atoms with Crippen molar-refractivity contribution in [2.24, 2.45) is 5.92 Å². The number of benzene rings is 1. The number of aromatic nitrogens is 2. The number of pyridine rings is 1. The van der Waals surface area contributed by atoms with E-state index >= 15 is 0 Å². The number of carbonyl (C=O) groups excluding carboxylic acids is 2. The largest absolute Gasteiger partial charge is 0.370 e. The maximum Gasteiger partial charge on any atom is 0.281 e. The van der Waals surface area contributed by atoms with Gasteiger partial charge in [-0.1, -0.05) is 36.4 Å². The number of likely N-dealkylation sites (tertiary alicyclic amines) is 1. The Kier molecular flexibility index (Phi) is 6.79. The number of fused-ring (bicyclic) bond motifs is 1. The molecule has 1 fully saturated rings. The van der Waals surface area contributed by atoms with Gasteiger partial charge in [-0.25, -0.2) is 4.98 Å². The fraction of sp³-hybridized carbons (Fsp3) is 0.333. The van der Waals surface area contributed by atoms with Gasteiger partial charge in [0.25, 0.3) is 5.56 Å². The summed E-state index contributed by atoms with van der Waals surface area (Å²) in [7, 11) is 0. The second-order valence-electron chi connectivity index (χ2n) is 7.94. The fourth-order valence-electron chi connectivity index (χ4n) is 3.94. The average Bonchev–Trinajstić information content (AvgIpc) is 2.84. The minimum atomic E-state index is -0.241. The summed E-state index contributed by atoms with van der Waals surface area (Å²) >= 11 is 0. The molecule has 0 radical (unpaired) electrons. The van der Waals surface area contributed by atoms with Crippen molar-refractivity contribution >= 4 is 23.1 Å². The standard InChI is InChI=1S/C24H27N5O3/c30-22(17-26-20-16-27-21-8-4-5-13-29(21)24(20)32)28-14-10-19(11-15-28)23(31)25-12-9-18-6-2-1-3-7-18/h1-8,13,16,19,26H,9-12,14-15,17H2,(H,25,31). The molecule has 2 aromatic heterocycles. The summed E-state index contributed by atoms with van der Waals surface area (Å²) < 4.78 is 1.44. The van der Waals surface area contributed by atoms with Crippen LogP contribution in [0, 0.1) is 5.92 Å². The van der Waals surface area contributed by atoms with Crippen molar-refractivity contribution in [1.29, 1.82) is 0 Å². The number of anilines is 1. The third-order valence-electron chi connectivity index (χ3n) is 5.82. The molecule has 4 rings (SSSR count). The molecule has 8 nitrogen and oxygen atoms in total. The van der Waals surface area contributed by atoms with Crippen molar-refractivity contribution in [2.75, 3.05) is 31.5 Å². The Labute approximate surface area is 186 Å². The molecule has 32 heavy (non-hydrogen) atoms. The van der Waals surface area contributed by atoms with Gasteiger partial charge in [0.05, 0.1) is 12.7 Å². The van der Waals surface area contributed by atoms with Crippen molar-refractivity contribution in [1.82, 2.24) is 19.6 Å². The molecule has 0 atom stereocenters. The molecule has 0 unspecified atom stereocenters. The molecular weight excluding hydrogens is 406 g/mol. The Morgan fingerprint density at radius 1 is 1.03 bits per heavy atom. The zero-order valence-corrected chi connectivity index (χ0v) is 17.9. The van der Waals surface area contributed by atoms with Gasteiger partial charge in [0, 0.05) is 31.7 Å². The maximum atomic E-state index is 12.6. The number of hydrogen-bond donors (Lipinski definition) is 2. The van der Waals surface area contributed by atoms with E-state index in [1.165, 1.54) is 16.2 Å². The summed E-state index contributed by atoms with van der Waals surface area (Å²) in [5.74, 6) is -0.107. The van der Waals surface area contributed by atoms with Crippen molar-refractivity contribution in [3.63, 3.8) is 0 Å². The smallest absolute Gasteiger partial charge is 0.281 e. The number of carbonyl (C=O) groups is 2. The van der Waals surface area contributed by atoms with Gasteiger partial charge < -0.3 is 15.5 Å². The highest BCUT2D eigenvalue weighted by atomic mass is 16.2. The first-order valence-electron chi connectivity index (χ1n) is 10.9. The summed E-state index contributed by atoms with van der Waals surface area (Å²) in [5, 5.41) is 5.93. The molecule has 3 heterocycles. The Hall–Kier alpha value is -3.68. The van der Waals surface area contributed by atoms with Gasteiger partial charge in [0.15, 0.2) is 0 Å². The molecule has 2 N–H and O–H groups in total. The fourth-order valence-corrected chi connectivity index (χ4v) is 3.94. The second-order valence-corrected chi connectivity index (χ2v) is 7.94. The van der Waals surface area contributed by atoms with Gasteiger partial charge in [-0.15, -0.1) is 0 Å². The van der Waals surface area contributed by atoms with Crippen LogP contribution in [0.4, 0.5) is 5.69 Å². The summed E-state index contributed by atoms with van der Waals surface area (Å²) in [6, 6.07) is 15.4. The molecule has 1 saturated heterocycles. The third kappa shape index (κ3) is 5.14. The van der Waals surface area contributed by atoms with E-state index in [2.05, 4.69) is 15.6 Å². The van der Waals surface area contributed by atoms with Crippen LogP contribution < -0.4 is 16.2 Å².